The number of hydrogen-bond donors (Lipinski definition) is 1. The van der Waals surface area contributed by atoms with Gasteiger partial charge in [-0.05, 0) is 61.6 Å². The normalized spacial score (nSPS) is 15.3. The molecule has 1 aliphatic heterocycles. The van der Waals surface area contributed by atoms with E-state index in [2.05, 4.69) is 4.99 Å². The molecule has 0 amide bonds. The summed E-state index contributed by atoms with van der Waals surface area (Å²) in [4.78, 5) is 43.4. The van der Waals surface area contributed by atoms with E-state index in [1.165, 1.54) is 11.3 Å². The number of thiazole rings is 1. The Labute approximate surface area is 215 Å². The molecule has 8 nitrogen and oxygen atoms in total. The number of thioether (sulfide) groups is 1. The van der Waals surface area contributed by atoms with Gasteiger partial charge in [0.1, 0.15) is 5.75 Å². The van der Waals surface area contributed by atoms with Crippen molar-refractivity contribution in [1.29, 1.82) is 0 Å². The monoisotopic (exact) mass is 524 g/mol. The van der Waals surface area contributed by atoms with Crippen LogP contribution in [0.1, 0.15) is 31.0 Å². The summed E-state index contributed by atoms with van der Waals surface area (Å²) >= 11 is 2.85. The second-order valence-electron chi connectivity index (χ2n) is 7.83. The van der Waals surface area contributed by atoms with E-state index < -0.39 is 24.6 Å². The number of carbonyl (C=O) groups excluding carboxylic acids is 1. The third kappa shape index (κ3) is 5.29. The first kappa shape index (κ1) is 25.5. The summed E-state index contributed by atoms with van der Waals surface area (Å²) in [5.74, 6) is -1.14. The van der Waals surface area contributed by atoms with Crippen molar-refractivity contribution >= 4 is 41.1 Å². The van der Waals surface area contributed by atoms with Crippen LogP contribution in [0, 0.1) is 0 Å². The van der Waals surface area contributed by atoms with Gasteiger partial charge in [-0.3, -0.25) is 9.36 Å². The maximum absolute atomic E-state index is 13.6. The van der Waals surface area contributed by atoms with E-state index in [-0.39, 0.29) is 12.2 Å². The third-order valence-electron chi connectivity index (χ3n) is 5.49. The molecule has 1 unspecified atom stereocenters. The summed E-state index contributed by atoms with van der Waals surface area (Å²) in [5.41, 5.74) is 2.12. The molecule has 1 N–H and O–H groups in total. The quantitative estimate of drug-likeness (QED) is 0.357. The molecule has 0 saturated carbocycles. The highest BCUT2D eigenvalue weighted by Crippen LogP contribution is 2.31. The number of aromatic nitrogens is 1. The number of allylic oxidation sites excluding steroid dienone is 1. The molecule has 0 radical (unpaired) electrons. The first-order valence-electron chi connectivity index (χ1n) is 11.1. The number of nitrogens with zero attached hydrogens (tertiary/aromatic N) is 2. The van der Waals surface area contributed by atoms with Crippen LogP contribution in [0.3, 0.4) is 0 Å². The van der Waals surface area contributed by atoms with Crippen LogP contribution in [-0.4, -0.2) is 41.1 Å². The number of esters is 1. The van der Waals surface area contributed by atoms with Gasteiger partial charge in [0.15, 0.2) is 11.4 Å². The molecule has 4 rings (SSSR count). The molecule has 3 aromatic rings. The Bertz CT molecular complexity index is 1500. The predicted octanol–water partition coefficient (Wildman–Crippen LogP) is 2.98. The van der Waals surface area contributed by atoms with E-state index in [0.29, 0.717) is 26.4 Å². The molecule has 2 aromatic carbocycles. The topological polar surface area (TPSA) is 107 Å². The zero-order chi connectivity index (χ0) is 25.8. The molecule has 10 heteroatoms. The first-order chi connectivity index (χ1) is 17.3. The number of fused-ring (bicyclic) bond motifs is 1. The van der Waals surface area contributed by atoms with E-state index in [0.717, 1.165) is 16.0 Å². The highest BCUT2D eigenvalue weighted by Gasteiger charge is 2.33. The molecule has 0 aliphatic carbocycles. The van der Waals surface area contributed by atoms with Gasteiger partial charge >= 0.3 is 11.9 Å². The van der Waals surface area contributed by atoms with Crippen molar-refractivity contribution in [2.24, 2.45) is 4.99 Å². The van der Waals surface area contributed by atoms with Crippen molar-refractivity contribution in [3.63, 3.8) is 0 Å². The Kier molecular flexibility index (Phi) is 7.76. The summed E-state index contributed by atoms with van der Waals surface area (Å²) in [6.45, 7) is 3.27. The van der Waals surface area contributed by atoms with E-state index in [1.807, 2.05) is 30.5 Å². The lowest BCUT2D eigenvalue weighted by Crippen LogP contribution is -2.39. The Morgan fingerprint density at radius 1 is 1.17 bits per heavy atom. The number of aliphatic carboxylic acids is 1. The van der Waals surface area contributed by atoms with Crippen LogP contribution in [0.2, 0.25) is 0 Å². The van der Waals surface area contributed by atoms with Crippen LogP contribution in [0.15, 0.2) is 74.5 Å². The van der Waals surface area contributed by atoms with Crippen LogP contribution in [0.25, 0.3) is 6.08 Å². The van der Waals surface area contributed by atoms with Gasteiger partial charge in [0, 0.05) is 4.90 Å². The lowest BCUT2D eigenvalue weighted by molar-refractivity contribution is -0.140. The number of carbonyl (C=O) groups is 2. The van der Waals surface area contributed by atoms with Gasteiger partial charge in [0.2, 0.25) is 0 Å². The third-order valence-corrected chi connectivity index (χ3v) is 7.22. The summed E-state index contributed by atoms with van der Waals surface area (Å²) < 4.78 is 12.5. The molecular formula is C26H24N2O6S2. The number of rotatable bonds is 8. The average molecular weight is 525 g/mol. The zero-order valence-electron chi connectivity index (χ0n) is 19.9. The van der Waals surface area contributed by atoms with E-state index in [4.69, 9.17) is 14.6 Å². The molecular weight excluding hydrogens is 500 g/mol. The fourth-order valence-corrected chi connectivity index (χ4v) is 5.30. The standard InChI is InChI=1S/C26H24N2O6S2/c1-4-33-25(32)22-15(2)27-26-28(23(22)17-7-11-19(35-3)12-8-17)24(31)20(36-26)13-16-5-9-18(10-6-16)34-14-21(29)30/h5-13,23H,4,14H2,1-3H3,(H,29,30)/b20-13+. The molecule has 36 heavy (non-hydrogen) atoms. The fraction of sp³-hybridized carbons (Fsp3) is 0.231. The maximum Gasteiger partial charge on any atom is 0.341 e. The van der Waals surface area contributed by atoms with Gasteiger partial charge in [-0.1, -0.05) is 35.6 Å². The van der Waals surface area contributed by atoms with Crippen molar-refractivity contribution in [2.45, 2.75) is 24.8 Å². The van der Waals surface area contributed by atoms with E-state index >= 15 is 0 Å². The average Bonchev–Trinajstić information content (AvgIpc) is 3.17. The number of benzene rings is 2. The second kappa shape index (κ2) is 11.0. The molecule has 0 bridgehead atoms. The molecule has 1 aromatic heterocycles. The van der Waals surface area contributed by atoms with E-state index in [9.17, 15) is 14.4 Å². The van der Waals surface area contributed by atoms with Crippen molar-refractivity contribution in [3.05, 3.63) is 90.6 Å². The van der Waals surface area contributed by atoms with Crippen molar-refractivity contribution in [1.82, 2.24) is 4.57 Å². The van der Waals surface area contributed by atoms with Gasteiger partial charge in [-0.2, -0.15) is 0 Å². The lowest BCUT2D eigenvalue weighted by Gasteiger charge is -2.24. The minimum absolute atomic E-state index is 0.213. The Balaban J connectivity index is 1.81. The van der Waals surface area contributed by atoms with Crippen molar-refractivity contribution in [3.8, 4) is 5.75 Å². The molecule has 1 atom stereocenters. The van der Waals surface area contributed by atoms with Crippen LogP contribution >= 0.6 is 23.1 Å². The van der Waals surface area contributed by atoms with Gasteiger partial charge in [0.05, 0.1) is 28.5 Å². The van der Waals surface area contributed by atoms with Crippen molar-refractivity contribution in [2.75, 3.05) is 19.5 Å². The molecule has 186 valence electrons. The van der Waals surface area contributed by atoms with Crippen LogP contribution in [-0.2, 0) is 14.3 Å². The fourth-order valence-electron chi connectivity index (χ4n) is 3.85. The Hall–Kier alpha value is -3.63. The van der Waals surface area contributed by atoms with Gasteiger partial charge < -0.3 is 14.6 Å². The molecule has 0 spiro atoms. The van der Waals surface area contributed by atoms with Crippen LogP contribution in [0.4, 0.5) is 0 Å². The highest BCUT2D eigenvalue weighted by molar-refractivity contribution is 7.98. The van der Waals surface area contributed by atoms with Gasteiger partial charge in [-0.25, -0.2) is 14.6 Å². The highest BCUT2D eigenvalue weighted by atomic mass is 32.2. The van der Waals surface area contributed by atoms with Crippen LogP contribution in [0.5, 0.6) is 5.75 Å². The maximum atomic E-state index is 13.6. The van der Waals surface area contributed by atoms with Crippen LogP contribution < -0.4 is 19.6 Å². The molecule has 2 heterocycles. The van der Waals surface area contributed by atoms with Gasteiger partial charge in [-0.15, -0.1) is 11.8 Å². The summed E-state index contributed by atoms with van der Waals surface area (Å²) in [5, 5.41) is 8.76. The predicted molar refractivity (Wildman–Crippen MR) is 138 cm³/mol. The number of carboxylic acid groups (broad SMARTS) is 1. The largest absolute Gasteiger partial charge is 0.482 e. The Morgan fingerprint density at radius 3 is 2.47 bits per heavy atom. The molecule has 0 saturated heterocycles. The minimum Gasteiger partial charge on any atom is -0.482 e. The SMILES string of the molecule is CCOC(=O)C1=C(C)N=c2s/c(=C/c3ccc(OCC(=O)O)cc3)c(=O)n2C1c1ccc(SC)cc1. The minimum atomic E-state index is -1.06. The number of ether oxygens (including phenoxy) is 2. The second-order valence-corrected chi connectivity index (χ2v) is 9.72. The number of carboxylic acids is 1. The summed E-state index contributed by atoms with van der Waals surface area (Å²) in [6, 6.07) is 13.9. The first-order valence-corrected chi connectivity index (χ1v) is 13.1. The zero-order valence-corrected chi connectivity index (χ0v) is 21.5. The summed E-state index contributed by atoms with van der Waals surface area (Å²) in [7, 11) is 0. The van der Waals surface area contributed by atoms with Crippen molar-refractivity contribution < 1.29 is 24.2 Å². The molecule has 0 fully saturated rings. The molecule has 1 aliphatic rings. The summed E-state index contributed by atoms with van der Waals surface area (Å²) in [6.07, 6.45) is 3.72. The van der Waals surface area contributed by atoms with Gasteiger partial charge in [0.25, 0.3) is 5.56 Å². The number of hydrogen-bond acceptors (Lipinski definition) is 8. The Morgan fingerprint density at radius 2 is 1.86 bits per heavy atom. The lowest BCUT2D eigenvalue weighted by atomic mass is 9.96. The van der Waals surface area contributed by atoms with E-state index in [1.54, 1.807) is 60.5 Å². The smallest absolute Gasteiger partial charge is 0.341 e.